The number of nitrogens with zero attached hydrogens (tertiary/aromatic N) is 2. The Bertz CT molecular complexity index is 587. The summed E-state index contributed by atoms with van der Waals surface area (Å²) in [6, 6.07) is 9.61. The maximum absolute atomic E-state index is 5.88. The van der Waals surface area contributed by atoms with Crippen LogP contribution in [0.3, 0.4) is 0 Å². The van der Waals surface area contributed by atoms with Crippen molar-refractivity contribution in [3.8, 4) is 0 Å². The number of aryl methyl sites for hydroxylation is 2. The first-order valence-corrected chi connectivity index (χ1v) is 6.56. The summed E-state index contributed by atoms with van der Waals surface area (Å²) in [5, 5.41) is 3.04. The van der Waals surface area contributed by atoms with Gasteiger partial charge in [0.2, 0.25) is 0 Å². The topological polar surface area (TPSA) is 77.8 Å². The van der Waals surface area contributed by atoms with Gasteiger partial charge in [0, 0.05) is 10.5 Å². The first-order chi connectivity index (χ1) is 9.02. The molecule has 0 saturated carbocycles. The van der Waals surface area contributed by atoms with Gasteiger partial charge in [0.15, 0.2) is 0 Å². The fourth-order valence-corrected chi connectivity index (χ4v) is 1.89. The molecule has 4 N–H and O–H groups in total. The maximum atomic E-state index is 5.88. The minimum absolute atomic E-state index is 0.382. The van der Waals surface area contributed by atoms with Gasteiger partial charge in [-0.1, -0.05) is 15.9 Å². The maximum Gasteiger partial charge on any atom is 0.354 e. The molecular weight excluding hydrogens is 306 g/mol. The Hall–Kier alpha value is -1.95. The molecule has 0 spiro atoms. The summed E-state index contributed by atoms with van der Waals surface area (Å²) in [5.74, 6) is 0.868. The van der Waals surface area contributed by atoms with E-state index in [2.05, 4.69) is 36.2 Å². The molecule has 0 unspecified atom stereocenters. The number of anilines is 1. The fraction of sp³-hybridized carbons (Fsp3) is 0.154. The number of aromatic nitrogens is 2. The van der Waals surface area contributed by atoms with E-state index in [1.165, 1.54) is 0 Å². The van der Waals surface area contributed by atoms with Crippen molar-refractivity contribution in [2.24, 2.45) is 5.73 Å². The van der Waals surface area contributed by atoms with E-state index in [1.807, 2.05) is 44.2 Å². The highest BCUT2D eigenvalue weighted by molar-refractivity contribution is 9.10. The molecule has 0 saturated heterocycles. The van der Waals surface area contributed by atoms with Gasteiger partial charge in [0.25, 0.3) is 5.96 Å². The van der Waals surface area contributed by atoms with Crippen molar-refractivity contribution in [1.82, 2.24) is 9.97 Å². The third-order valence-corrected chi connectivity index (χ3v) is 2.88. The summed E-state index contributed by atoms with van der Waals surface area (Å²) in [6.45, 7) is 3.83. The molecule has 0 bridgehead atoms. The van der Waals surface area contributed by atoms with E-state index in [0.717, 1.165) is 21.5 Å². The molecule has 0 aliphatic carbocycles. The normalized spacial score (nSPS) is 11.4. The van der Waals surface area contributed by atoms with Crippen molar-refractivity contribution in [2.45, 2.75) is 13.8 Å². The Morgan fingerprint density at radius 1 is 1.16 bits per heavy atom. The van der Waals surface area contributed by atoms with E-state index in [9.17, 15) is 0 Å². The molecule has 0 aliphatic heterocycles. The first-order valence-electron chi connectivity index (χ1n) is 5.77. The van der Waals surface area contributed by atoms with Crippen LogP contribution in [0, 0.1) is 13.8 Å². The molecule has 5 nitrogen and oxygen atoms in total. The molecule has 0 radical (unpaired) electrons. The zero-order chi connectivity index (χ0) is 13.8. The van der Waals surface area contributed by atoms with Crippen LogP contribution < -0.4 is 16.0 Å². The molecule has 2 rings (SSSR count). The first kappa shape index (κ1) is 13.5. The molecule has 2 aromatic rings. The predicted molar refractivity (Wildman–Crippen MR) is 79.1 cm³/mol. The van der Waals surface area contributed by atoms with Gasteiger partial charge < -0.3 is 5.73 Å². The Labute approximate surface area is 120 Å². The number of halogens is 1. The van der Waals surface area contributed by atoms with Crippen molar-refractivity contribution in [2.75, 3.05) is 5.32 Å². The van der Waals surface area contributed by atoms with E-state index in [-0.39, 0.29) is 0 Å². The number of hydrogen-bond donors (Lipinski definition) is 3. The molecule has 0 fully saturated rings. The Morgan fingerprint density at radius 2 is 1.74 bits per heavy atom. The molecule has 0 atom stereocenters. The largest absolute Gasteiger partial charge is 0.354 e. The van der Waals surface area contributed by atoms with Crippen LogP contribution in [0.4, 0.5) is 11.6 Å². The highest BCUT2D eigenvalue weighted by Gasteiger charge is 2.05. The van der Waals surface area contributed by atoms with Gasteiger partial charge in [0.05, 0.1) is 17.1 Å². The SMILES string of the molecule is Cc1cc(C)nc([NH+]=C(N)Nc2ccc(Br)cc2)n1. The average Bonchev–Trinajstić information content (AvgIpc) is 2.30. The van der Waals surface area contributed by atoms with Crippen LogP contribution in [-0.2, 0) is 0 Å². The monoisotopic (exact) mass is 320 g/mol. The smallest absolute Gasteiger partial charge is 0.322 e. The third-order valence-electron chi connectivity index (χ3n) is 2.35. The van der Waals surface area contributed by atoms with E-state index < -0.39 is 0 Å². The van der Waals surface area contributed by atoms with Gasteiger partial charge in [-0.3, -0.25) is 5.32 Å². The van der Waals surface area contributed by atoms with E-state index in [0.29, 0.717) is 11.9 Å². The lowest BCUT2D eigenvalue weighted by molar-refractivity contribution is -0.365. The van der Waals surface area contributed by atoms with Gasteiger partial charge in [-0.15, -0.1) is 9.97 Å². The van der Waals surface area contributed by atoms with Gasteiger partial charge in [-0.2, -0.15) is 0 Å². The Balaban J connectivity index is 2.16. The Kier molecular flexibility index (Phi) is 4.11. The number of nitrogens with one attached hydrogen (secondary N) is 2. The summed E-state index contributed by atoms with van der Waals surface area (Å²) < 4.78 is 1.02. The van der Waals surface area contributed by atoms with Crippen LogP contribution in [0.15, 0.2) is 34.8 Å². The lowest BCUT2D eigenvalue weighted by Crippen LogP contribution is -2.72. The van der Waals surface area contributed by atoms with Crippen molar-refractivity contribution < 1.29 is 4.99 Å². The molecule has 0 amide bonds. The number of benzene rings is 1. The molecule has 1 aromatic heterocycles. The lowest BCUT2D eigenvalue weighted by Gasteiger charge is -2.01. The molecule has 1 aromatic carbocycles. The standard InChI is InChI=1S/C13H14BrN5/c1-8-7-9(2)17-13(16-8)19-12(15)18-11-5-3-10(14)4-6-11/h3-7H,1-2H3,(H3,15,16,17,18,19)/p+1. The molecule has 6 heteroatoms. The molecular formula is C13H15BrN5+. The number of nitrogens with two attached hydrogens (primary N) is 1. The van der Waals surface area contributed by atoms with Crippen molar-refractivity contribution >= 4 is 33.5 Å². The highest BCUT2D eigenvalue weighted by Crippen LogP contribution is 2.13. The van der Waals surface area contributed by atoms with Crippen LogP contribution in [-0.4, -0.2) is 15.9 Å². The second kappa shape index (κ2) is 5.79. The number of hydrogen-bond acceptors (Lipinski definition) is 2. The summed E-state index contributed by atoms with van der Waals surface area (Å²) >= 11 is 3.38. The van der Waals surface area contributed by atoms with Gasteiger partial charge in [-0.25, -0.2) is 4.99 Å². The predicted octanol–water partition coefficient (Wildman–Crippen LogP) is 0.995. The van der Waals surface area contributed by atoms with Crippen LogP contribution in [0.1, 0.15) is 11.4 Å². The summed E-state index contributed by atoms with van der Waals surface area (Å²) in [5.41, 5.74) is 8.56. The minimum Gasteiger partial charge on any atom is -0.322 e. The van der Waals surface area contributed by atoms with Crippen LogP contribution in [0.2, 0.25) is 0 Å². The highest BCUT2D eigenvalue weighted by atomic mass is 79.9. The number of rotatable bonds is 2. The van der Waals surface area contributed by atoms with Gasteiger partial charge in [0.1, 0.15) is 0 Å². The zero-order valence-electron chi connectivity index (χ0n) is 10.7. The Morgan fingerprint density at radius 3 is 2.32 bits per heavy atom. The van der Waals surface area contributed by atoms with E-state index in [4.69, 9.17) is 5.73 Å². The van der Waals surface area contributed by atoms with E-state index in [1.54, 1.807) is 0 Å². The summed E-state index contributed by atoms with van der Waals surface area (Å²) in [6.07, 6.45) is 0. The van der Waals surface area contributed by atoms with Crippen molar-refractivity contribution in [3.05, 3.63) is 46.2 Å². The quantitative estimate of drug-likeness (QED) is 0.569. The van der Waals surface area contributed by atoms with Gasteiger partial charge >= 0.3 is 5.95 Å². The van der Waals surface area contributed by atoms with Crippen molar-refractivity contribution in [1.29, 1.82) is 0 Å². The average molecular weight is 321 g/mol. The second-order valence-electron chi connectivity index (χ2n) is 4.14. The van der Waals surface area contributed by atoms with E-state index >= 15 is 0 Å². The second-order valence-corrected chi connectivity index (χ2v) is 5.06. The zero-order valence-corrected chi connectivity index (χ0v) is 12.3. The molecule has 98 valence electrons. The van der Waals surface area contributed by atoms with Crippen molar-refractivity contribution in [3.63, 3.8) is 0 Å². The molecule has 1 heterocycles. The molecule has 19 heavy (non-hydrogen) atoms. The third kappa shape index (κ3) is 4.03. The number of guanidine groups is 1. The minimum atomic E-state index is 0.382. The molecule has 0 aliphatic rings. The summed E-state index contributed by atoms with van der Waals surface area (Å²) in [7, 11) is 0. The summed E-state index contributed by atoms with van der Waals surface area (Å²) in [4.78, 5) is 11.5. The van der Waals surface area contributed by atoms with Crippen LogP contribution in [0.5, 0.6) is 0 Å². The van der Waals surface area contributed by atoms with Crippen LogP contribution in [0.25, 0.3) is 0 Å². The fourth-order valence-electron chi connectivity index (χ4n) is 1.62. The lowest BCUT2D eigenvalue weighted by atomic mass is 10.3. The van der Waals surface area contributed by atoms with Crippen LogP contribution >= 0.6 is 15.9 Å². The van der Waals surface area contributed by atoms with Gasteiger partial charge in [-0.05, 0) is 38.1 Å².